The van der Waals surface area contributed by atoms with Gasteiger partial charge < -0.3 is 14.7 Å². The average molecular weight is 281 g/mol. The van der Waals surface area contributed by atoms with Gasteiger partial charge in [0.05, 0.1) is 25.7 Å². The highest BCUT2D eigenvalue weighted by Gasteiger charge is 2.23. The minimum Gasteiger partial charge on any atom is -0.394 e. The molecule has 1 amide bonds. The molecule has 1 N–H and O–H groups in total. The maximum absolute atomic E-state index is 12.8. The van der Waals surface area contributed by atoms with Crippen LogP contribution in [0.25, 0.3) is 0 Å². The second-order valence-corrected chi connectivity index (χ2v) is 4.98. The van der Waals surface area contributed by atoms with E-state index in [1.54, 1.807) is 12.1 Å². The van der Waals surface area contributed by atoms with E-state index >= 15 is 0 Å². The molecule has 110 valence electrons. The molecule has 4 nitrogen and oxygen atoms in total. The quantitative estimate of drug-likeness (QED) is 0.887. The van der Waals surface area contributed by atoms with Crippen LogP contribution in [0.4, 0.5) is 4.39 Å². The Hall–Kier alpha value is -1.46. The zero-order valence-corrected chi connectivity index (χ0v) is 11.4. The summed E-state index contributed by atoms with van der Waals surface area (Å²) in [5, 5.41) is 8.70. The highest BCUT2D eigenvalue weighted by Crippen LogP contribution is 2.15. The van der Waals surface area contributed by atoms with E-state index in [0.29, 0.717) is 26.1 Å². The lowest BCUT2D eigenvalue weighted by Gasteiger charge is -2.32. The zero-order valence-electron chi connectivity index (χ0n) is 11.4. The summed E-state index contributed by atoms with van der Waals surface area (Å²) in [6.07, 6.45) is 2.05. The summed E-state index contributed by atoms with van der Waals surface area (Å²) < 4.78 is 18.3. The van der Waals surface area contributed by atoms with E-state index in [9.17, 15) is 9.18 Å². The van der Waals surface area contributed by atoms with E-state index in [-0.39, 0.29) is 24.4 Å². The first kappa shape index (κ1) is 14.9. The van der Waals surface area contributed by atoms with Crippen LogP contribution in [0.2, 0.25) is 0 Å². The molecule has 0 bridgehead atoms. The van der Waals surface area contributed by atoms with Gasteiger partial charge in [0.15, 0.2) is 0 Å². The monoisotopic (exact) mass is 281 g/mol. The normalized spacial score (nSPS) is 16.4. The molecule has 1 aliphatic rings. The fourth-order valence-electron chi connectivity index (χ4n) is 2.38. The molecule has 5 heteroatoms. The molecule has 0 radical (unpaired) electrons. The molecule has 0 spiro atoms. The van der Waals surface area contributed by atoms with Crippen molar-refractivity contribution in [3.05, 3.63) is 35.6 Å². The Bertz CT molecular complexity index is 427. The van der Waals surface area contributed by atoms with Crippen LogP contribution in [0, 0.1) is 5.82 Å². The first-order chi connectivity index (χ1) is 9.69. The van der Waals surface area contributed by atoms with Crippen molar-refractivity contribution in [3.8, 4) is 0 Å². The van der Waals surface area contributed by atoms with Crippen molar-refractivity contribution in [1.29, 1.82) is 0 Å². The van der Waals surface area contributed by atoms with Crippen molar-refractivity contribution in [2.45, 2.75) is 25.4 Å². The molecule has 0 unspecified atom stereocenters. The number of aliphatic hydroxyl groups excluding tert-OH is 1. The van der Waals surface area contributed by atoms with Crippen molar-refractivity contribution >= 4 is 5.91 Å². The first-order valence-electron chi connectivity index (χ1n) is 6.93. The van der Waals surface area contributed by atoms with Crippen LogP contribution in [0.3, 0.4) is 0 Å². The summed E-state index contributed by atoms with van der Waals surface area (Å²) in [6, 6.07) is 6.03. The van der Waals surface area contributed by atoms with Gasteiger partial charge in [0.25, 0.3) is 0 Å². The van der Waals surface area contributed by atoms with Gasteiger partial charge in [0, 0.05) is 13.1 Å². The number of piperidine rings is 1. The fourth-order valence-corrected chi connectivity index (χ4v) is 2.38. The number of carbonyl (C=O) groups is 1. The van der Waals surface area contributed by atoms with Gasteiger partial charge >= 0.3 is 0 Å². The molecule has 0 atom stereocenters. The third kappa shape index (κ3) is 4.28. The van der Waals surface area contributed by atoms with Crippen molar-refractivity contribution in [2.75, 3.05) is 26.3 Å². The van der Waals surface area contributed by atoms with E-state index in [4.69, 9.17) is 9.84 Å². The average Bonchev–Trinajstić information content (AvgIpc) is 2.48. The number of halogens is 1. The third-order valence-electron chi connectivity index (χ3n) is 3.51. The predicted molar refractivity (Wildman–Crippen MR) is 72.7 cm³/mol. The minimum absolute atomic E-state index is 0.0315. The summed E-state index contributed by atoms with van der Waals surface area (Å²) >= 11 is 0. The molecule has 1 aromatic carbocycles. The van der Waals surface area contributed by atoms with Gasteiger partial charge in [0.2, 0.25) is 5.91 Å². The van der Waals surface area contributed by atoms with E-state index in [1.807, 2.05) is 4.90 Å². The Balaban J connectivity index is 1.78. The summed E-state index contributed by atoms with van der Waals surface area (Å²) in [4.78, 5) is 13.9. The number of likely N-dealkylation sites (tertiary alicyclic amines) is 1. The number of nitrogens with zero attached hydrogens (tertiary/aromatic N) is 1. The molecule has 1 heterocycles. The number of hydrogen-bond donors (Lipinski definition) is 1. The molecule has 0 aliphatic carbocycles. The Kier molecular flexibility index (Phi) is 5.49. The number of ether oxygens (including phenoxy) is 1. The maximum Gasteiger partial charge on any atom is 0.226 e. The lowest BCUT2D eigenvalue weighted by molar-refractivity contribution is -0.133. The smallest absolute Gasteiger partial charge is 0.226 e. The molecular weight excluding hydrogens is 261 g/mol. The van der Waals surface area contributed by atoms with E-state index < -0.39 is 0 Å². The second kappa shape index (κ2) is 7.36. The highest BCUT2D eigenvalue weighted by molar-refractivity contribution is 5.78. The SMILES string of the molecule is O=C(Cc1ccc(F)cc1)N1CCC(OCCO)CC1. The Morgan fingerprint density at radius 3 is 2.55 bits per heavy atom. The number of carbonyl (C=O) groups excluding carboxylic acids is 1. The molecule has 1 aromatic rings. The van der Waals surface area contributed by atoms with Crippen LogP contribution < -0.4 is 0 Å². The van der Waals surface area contributed by atoms with Crippen LogP contribution in [0.15, 0.2) is 24.3 Å². The number of aliphatic hydroxyl groups is 1. The van der Waals surface area contributed by atoms with Gasteiger partial charge in [-0.3, -0.25) is 4.79 Å². The Morgan fingerprint density at radius 1 is 1.30 bits per heavy atom. The molecule has 0 aromatic heterocycles. The second-order valence-electron chi connectivity index (χ2n) is 4.98. The summed E-state index contributed by atoms with van der Waals surface area (Å²) in [5.41, 5.74) is 0.829. The maximum atomic E-state index is 12.8. The standard InChI is InChI=1S/C15H20FNO3/c16-13-3-1-12(2-4-13)11-15(19)17-7-5-14(6-8-17)20-10-9-18/h1-4,14,18H,5-11H2. The summed E-state index contributed by atoms with van der Waals surface area (Å²) in [7, 11) is 0. The molecule has 1 saturated heterocycles. The highest BCUT2D eigenvalue weighted by atomic mass is 19.1. The fraction of sp³-hybridized carbons (Fsp3) is 0.533. The first-order valence-corrected chi connectivity index (χ1v) is 6.93. The van der Waals surface area contributed by atoms with Crippen LogP contribution in [0.1, 0.15) is 18.4 Å². The van der Waals surface area contributed by atoms with Gasteiger partial charge in [-0.15, -0.1) is 0 Å². The molecule has 1 aliphatic heterocycles. The lowest BCUT2D eigenvalue weighted by Crippen LogP contribution is -2.41. The number of hydrogen-bond acceptors (Lipinski definition) is 3. The van der Waals surface area contributed by atoms with Gasteiger partial charge in [-0.25, -0.2) is 4.39 Å². The molecule has 0 saturated carbocycles. The zero-order chi connectivity index (χ0) is 14.4. The van der Waals surface area contributed by atoms with Crippen molar-refractivity contribution in [2.24, 2.45) is 0 Å². The van der Waals surface area contributed by atoms with Crippen LogP contribution in [0.5, 0.6) is 0 Å². The van der Waals surface area contributed by atoms with E-state index in [0.717, 1.165) is 18.4 Å². The predicted octanol–water partition coefficient (Wildman–Crippen LogP) is 1.37. The summed E-state index contributed by atoms with van der Waals surface area (Å²) in [5.74, 6) is -0.222. The summed E-state index contributed by atoms with van der Waals surface area (Å²) in [6.45, 7) is 1.74. The van der Waals surface area contributed by atoms with E-state index in [2.05, 4.69) is 0 Å². The molecule has 2 rings (SSSR count). The topological polar surface area (TPSA) is 49.8 Å². The molecular formula is C15H20FNO3. The number of benzene rings is 1. The Labute approximate surface area is 118 Å². The van der Waals surface area contributed by atoms with Crippen LogP contribution in [-0.4, -0.2) is 48.3 Å². The molecule has 1 fully saturated rings. The van der Waals surface area contributed by atoms with Crippen molar-refractivity contribution < 1.29 is 19.0 Å². The van der Waals surface area contributed by atoms with Gasteiger partial charge in [0.1, 0.15) is 5.82 Å². The minimum atomic E-state index is -0.289. The van der Waals surface area contributed by atoms with Crippen LogP contribution in [-0.2, 0) is 16.0 Å². The largest absolute Gasteiger partial charge is 0.394 e. The number of amides is 1. The number of rotatable bonds is 5. The van der Waals surface area contributed by atoms with Crippen molar-refractivity contribution in [1.82, 2.24) is 4.90 Å². The van der Waals surface area contributed by atoms with Crippen LogP contribution >= 0.6 is 0 Å². The lowest BCUT2D eigenvalue weighted by atomic mass is 10.1. The third-order valence-corrected chi connectivity index (χ3v) is 3.51. The van der Waals surface area contributed by atoms with Gasteiger partial charge in [-0.1, -0.05) is 12.1 Å². The van der Waals surface area contributed by atoms with Gasteiger partial charge in [-0.05, 0) is 30.5 Å². The van der Waals surface area contributed by atoms with Gasteiger partial charge in [-0.2, -0.15) is 0 Å². The molecule has 20 heavy (non-hydrogen) atoms. The Morgan fingerprint density at radius 2 is 1.95 bits per heavy atom. The van der Waals surface area contributed by atoms with Crippen molar-refractivity contribution in [3.63, 3.8) is 0 Å². The van der Waals surface area contributed by atoms with E-state index in [1.165, 1.54) is 12.1 Å².